The van der Waals surface area contributed by atoms with E-state index < -0.39 is 77.4 Å². The average Bonchev–Trinajstić information content (AvgIpc) is 2.93. The van der Waals surface area contributed by atoms with E-state index in [1.165, 1.54) is 0 Å². The standard InChI is InChI=1S/C12Cl4F16S/c13-9(25,26)5(17,18)1-2(6(19,20)10(14,27)28)4(8(23,24)12(16,31)32)33-3(1)7(21,22)11(15,29)30. The fraction of sp³-hybridized carbons (Fsp3) is 0.667. The van der Waals surface area contributed by atoms with Crippen molar-refractivity contribution in [2.45, 2.75) is 45.2 Å². The molecule has 0 saturated carbocycles. The molecule has 0 atom stereocenters. The minimum absolute atomic E-state index is 2.23. The van der Waals surface area contributed by atoms with Gasteiger partial charge in [-0.25, -0.2) is 0 Å². The van der Waals surface area contributed by atoms with Gasteiger partial charge in [0, 0.05) is 0 Å². The lowest BCUT2D eigenvalue weighted by molar-refractivity contribution is -0.194. The number of thiophene rings is 1. The van der Waals surface area contributed by atoms with Crippen molar-refractivity contribution in [3.05, 3.63) is 20.9 Å². The maximum Gasteiger partial charge on any atom is 0.389 e. The molecule has 0 nitrogen and oxygen atoms in total. The quantitative estimate of drug-likeness (QED) is 0.200. The predicted octanol–water partition coefficient (Wildman–Crippen LogP) is 9.44. The summed E-state index contributed by atoms with van der Waals surface area (Å²) in [6.45, 7) is 0. The van der Waals surface area contributed by atoms with Crippen LogP contribution in [0.15, 0.2) is 0 Å². The van der Waals surface area contributed by atoms with Crippen molar-refractivity contribution < 1.29 is 70.2 Å². The van der Waals surface area contributed by atoms with Gasteiger partial charge in [0.25, 0.3) is 0 Å². The van der Waals surface area contributed by atoms with Gasteiger partial charge in [-0.2, -0.15) is 70.2 Å². The van der Waals surface area contributed by atoms with Crippen LogP contribution in [0.3, 0.4) is 0 Å². The van der Waals surface area contributed by atoms with E-state index >= 15 is 0 Å². The lowest BCUT2D eigenvalue weighted by atomic mass is 9.93. The van der Waals surface area contributed by atoms with E-state index in [-0.39, 0.29) is 0 Å². The first kappa shape index (κ1) is 30.8. The highest BCUT2D eigenvalue weighted by Gasteiger charge is 2.73. The topological polar surface area (TPSA) is 0 Å². The normalized spacial score (nSPS) is 15.9. The highest BCUT2D eigenvalue weighted by atomic mass is 35.5. The molecule has 0 N–H and O–H groups in total. The summed E-state index contributed by atoms with van der Waals surface area (Å²) in [5, 5.41) is -25.4. The van der Waals surface area contributed by atoms with Gasteiger partial charge in [0.15, 0.2) is 0 Å². The molecule has 33 heavy (non-hydrogen) atoms. The van der Waals surface area contributed by atoms with Crippen LogP contribution in [0.2, 0.25) is 0 Å². The Morgan fingerprint density at radius 1 is 0.364 bits per heavy atom. The molecule has 0 aliphatic carbocycles. The lowest BCUT2D eigenvalue weighted by Crippen LogP contribution is -2.43. The van der Waals surface area contributed by atoms with Gasteiger partial charge in [0.2, 0.25) is 0 Å². The van der Waals surface area contributed by atoms with Crippen molar-refractivity contribution in [1.29, 1.82) is 0 Å². The van der Waals surface area contributed by atoms with E-state index in [0.717, 1.165) is 0 Å². The molecule has 0 aliphatic heterocycles. The zero-order chi connectivity index (χ0) is 27.0. The van der Waals surface area contributed by atoms with Crippen LogP contribution in [0.4, 0.5) is 70.2 Å². The molecule has 0 bridgehead atoms. The summed E-state index contributed by atoms with van der Waals surface area (Å²) in [4.78, 5) is -7.34. The Kier molecular flexibility index (Phi) is 7.58. The Hall–Kier alpha value is -0.260. The summed E-state index contributed by atoms with van der Waals surface area (Å²) >= 11 is 13.3. The van der Waals surface area contributed by atoms with Crippen molar-refractivity contribution >= 4 is 57.7 Å². The fourth-order valence-corrected chi connectivity index (χ4v) is 3.88. The van der Waals surface area contributed by atoms with Crippen molar-refractivity contribution in [3.63, 3.8) is 0 Å². The van der Waals surface area contributed by atoms with Crippen molar-refractivity contribution in [3.8, 4) is 0 Å². The first-order chi connectivity index (χ1) is 14.0. The third-order valence-corrected chi connectivity index (χ3v) is 5.81. The Bertz CT molecular complexity index is 815. The number of hydrogen-bond donors (Lipinski definition) is 0. The average molecular weight is 622 g/mol. The van der Waals surface area contributed by atoms with E-state index in [1.807, 2.05) is 0 Å². The van der Waals surface area contributed by atoms with E-state index in [0.29, 0.717) is 0 Å². The Labute approximate surface area is 194 Å². The molecule has 0 aliphatic rings. The number of hydrogen-bond acceptors (Lipinski definition) is 1. The highest BCUT2D eigenvalue weighted by Crippen LogP contribution is 2.64. The highest BCUT2D eigenvalue weighted by molar-refractivity contribution is 7.12. The summed E-state index contributed by atoms with van der Waals surface area (Å²) in [6.07, 6.45) is 0. The molecule has 1 heterocycles. The lowest BCUT2D eigenvalue weighted by Gasteiger charge is -2.30. The first-order valence-electron chi connectivity index (χ1n) is 6.94. The van der Waals surface area contributed by atoms with Crippen molar-refractivity contribution in [1.82, 2.24) is 0 Å². The molecule has 0 spiro atoms. The second kappa shape index (κ2) is 8.13. The first-order valence-corrected chi connectivity index (χ1v) is 9.27. The van der Waals surface area contributed by atoms with E-state index in [2.05, 4.69) is 46.4 Å². The second-order valence-corrected chi connectivity index (χ2v) is 8.72. The molecule has 1 aromatic rings. The molecule has 194 valence electrons. The van der Waals surface area contributed by atoms with Crippen LogP contribution in [0.25, 0.3) is 0 Å². The number of rotatable bonds is 8. The van der Waals surface area contributed by atoms with Gasteiger partial charge in [0.1, 0.15) is 0 Å². The van der Waals surface area contributed by atoms with Crippen LogP contribution < -0.4 is 0 Å². The molecular weight excluding hydrogens is 622 g/mol. The van der Waals surface area contributed by atoms with E-state index in [4.69, 9.17) is 0 Å². The van der Waals surface area contributed by atoms with Gasteiger partial charge < -0.3 is 0 Å². The molecule has 21 heteroatoms. The molecule has 1 aromatic heterocycles. The summed E-state index contributed by atoms with van der Waals surface area (Å²) in [7, 11) is 0. The van der Waals surface area contributed by atoms with Gasteiger partial charge in [-0.1, -0.05) is 0 Å². The molecule has 0 saturated heterocycles. The summed E-state index contributed by atoms with van der Waals surface area (Å²) in [5.41, 5.74) is -8.17. The zero-order valence-corrected chi connectivity index (χ0v) is 17.8. The Morgan fingerprint density at radius 2 is 0.545 bits per heavy atom. The van der Waals surface area contributed by atoms with Gasteiger partial charge in [0.05, 0.1) is 20.9 Å². The maximum absolute atomic E-state index is 14.1. The van der Waals surface area contributed by atoms with E-state index in [1.54, 1.807) is 0 Å². The van der Waals surface area contributed by atoms with Crippen LogP contribution in [-0.2, 0) is 23.7 Å². The van der Waals surface area contributed by atoms with Gasteiger partial charge in [-0.05, 0) is 46.4 Å². The third-order valence-electron chi connectivity index (χ3n) is 3.53. The van der Waals surface area contributed by atoms with Gasteiger partial charge >= 0.3 is 45.2 Å². The molecule has 0 aromatic carbocycles. The molecule has 0 fully saturated rings. The van der Waals surface area contributed by atoms with E-state index in [9.17, 15) is 70.2 Å². The summed E-state index contributed by atoms with van der Waals surface area (Å²) < 4.78 is 218. The Balaban J connectivity index is 4.56. The molecular formula is C12Cl4F16S. The van der Waals surface area contributed by atoms with Crippen molar-refractivity contribution in [2.75, 3.05) is 0 Å². The molecule has 0 radical (unpaired) electrons. The van der Waals surface area contributed by atoms with Crippen LogP contribution >= 0.6 is 57.7 Å². The zero-order valence-electron chi connectivity index (χ0n) is 14.0. The van der Waals surface area contributed by atoms with Gasteiger partial charge in [-0.15, -0.1) is 11.3 Å². The van der Waals surface area contributed by atoms with Crippen LogP contribution in [-0.4, -0.2) is 21.5 Å². The maximum atomic E-state index is 14.1. The monoisotopic (exact) mass is 620 g/mol. The minimum Gasteiger partial charge on any atom is -0.193 e. The predicted molar refractivity (Wildman–Crippen MR) is 83.1 cm³/mol. The molecule has 0 unspecified atom stereocenters. The second-order valence-electron chi connectivity index (χ2n) is 5.80. The SMILES string of the molecule is FC(F)(Cl)C(F)(F)c1sc(C(F)(F)C(F)(F)Cl)c(C(F)(F)C(F)(F)Cl)c1C(F)(F)C(F)(F)Cl. The van der Waals surface area contributed by atoms with Crippen molar-refractivity contribution in [2.24, 2.45) is 0 Å². The number of halogens is 20. The van der Waals surface area contributed by atoms with Crippen LogP contribution in [0.1, 0.15) is 20.9 Å². The van der Waals surface area contributed by atoms with Crippen LogP contribution in [0.5, 0.6) is 0 Å². The largest absolute Gasteiger partial charge is 0.389 e. The number of alkyl halides is 20. The summed E-state index contributed by atoms with van der Waals surface area (Å²) in [6, 6.07) is 0. The van der Waals surface area contributed by atoms with Gasteiger partial charge in [-0.3, -0.25) is 0 Å². The van der Waals surface area contributed by atoms with Crippen LogP contribution in [0, 0.1) is 0 Å². The third kappa shape index (κ3) is 4.89. The smallest absolute Gasteiger partial charge is 0.193 e. The summed E-state index contributed by atoms with van der Waals surface area (Å²) in [5.74, 6) is -27.0. The fourth-order valence-electron chi connectivity index (χ4n) is 2.01. The Morgan fingerprint density at radius 3 is 0.697 bits per heavy atom. The molecule has 1 rings (SSSR count). The molecule has 0 amide bonds. The minimum atomic E-state index is -6.90.